The SMILES string of the molecule is Cc1cc(CC(=O)O)nn1CC(=O)N1CCC(c2nc(-c3cc(C(C)(C)C)nc(C(C)(C)C)n3)c(Cl)s2)CC1. The van der Waals surface area contributed by atoms with E-state index in [1.807, 2.05) is 17.9 Å². The van der Waals surface area contributed by atoms with Gasteiger partial charge in [0.25, 0.3) is 0 Å². The predicted molar refractivity (Wildman–Crippen MR) is 152 cm³/mol. The third kappa shape index (κ3) is 6.84. The van der Waals surface area contributed by atoms with Gasteiger partial charge in [-0.05, 0) is 31.9 Å². The van der Waals surface area contributed by atoms with Crippen molar-refractivity contribution >= 4 is 34.8 Å². The zero-order valence-corrected chi connectivity index (χ0v) is 25.3. The van der Waals surface area contributed by atoms with Gasteiger partial charge in [0.1, 0.15) is 22.4 Å². The number of carboxylic acid groups (broad SMARTS) is 1. The van der Waals surface area contributed by atoms with Crippen molar-refractivity contribution in [3.63, 3.8) is 0 Å². The summed E-state index contributed by atoms with van der Waals surface area (Å²) < 4.78 is 2.20. The zero-order valence-electron chi connectivity index (χ0n) is 23.7. The molecule has 0 bridgehead atoms. The van der Waals surface area contributed by atoms with E-state index < -0.39 is 5.97 Å². The van der Waals surface area contributed by atoms with E-state index in [1.165, 1.54) is 11.3 Å². The van der Waals surface area contributed by atoms with Crippen LogP contribution in [0.15, 0.2) is 12.1 Å². The molecule has 1 saturated heterocycles. The van der Waals surface area contributed by atoms with Crippen molar-refractivity contribution < 1.29 is 14.7 Å². The van der Waals surface area contributed by atoms with Crippen LogP contribution in [0, 0.1) is 6.92 Å². The third-order valence-electron chi connectivity index (χ3n) is 6.86. The van der Waals surface area contributed by atoms with Crippen molar-refractivity contribution in [1.29, 1.82) is 0 Å². The molecule has 0 saturated carbocycles. The molecule has 9 nitrogen and oxygen atoms in total. The highest BCUT2D eigenvalue weighted by molar-refractivity contribution is 7.16. The molecule has 1 N–H and O–H groups in total. The largest absolute Gasteiger partial charge is 0.481 e. The molecule has 3 aromatic rings. The highest BCUT2D eigenvalue weighted by Crippen LogP contribution is 2.39. The van der Waals surface area contributed by atoms with Crippen molar-refractivity contribution in [1.82, 2.24) is 29.6 Å². The summed E-state index contributed by atoms with van der Waals surface area (Å²) in [7, 11) is 0. The van der Waals surface area contributed by atoms with E-state index in [4.69, 9.17) is 31.7 Å². The molecule has 1 fully saturated rings. The summed E-state index contributed by atoms with van der Waals surface area (Å²) in [5.74, 6) is 0.0158. The van der Waals surface area contributed by atoms with Crippen molar-refractivity contribution in [2.24, 2.45) is 0 Å². The topological polar surface area (TPSA) is 114 Å². The number of carbonyl (C=O) groups is 2. The Morgan fingerprint density at radius 1 is 1.05 bits per heavy atom. The lowest BCUT2D eigenvalue weighted by molar-refractivity contribution is -0.136. The molecule has 1 amide bonds. The van der Waals surface area contributed by atoms with Crippen LogP contribution >= 0.6 is 22.9 Å². The second kappa shape index (κ2) is 11.0. The minimum absolute atomic E-state index is 0.0233. The second-order valence-electron chi connectivity index (χ2n) is 12.3. The van der Waals surface area contributed by atoms with Crippen LogP contribution in [0.25, 0.3) is 11.4 Å². The quantitative estimate of drug-likeness (QED) is 0.421. The van der Waals surface area contributed by atoms with Gasteiger partial charge < -0.3 is 10.0 Å². The van der Waals surface area contributed by atoms with Gasteiger partial charge in [-0.1, -0.05) is 53.1 Å². The fraction of sp³-hybridized carbons (Fsp3) is 0.571. The van der Waals surface area contributed by atoms with E-state index in [0.717, 1.165) is 40.8 Å². The number of aromatic nitrogens is 5. The maximum Gasteiger partial charge on any atom is 0.309 e. The maximum absolute atomic E-state index is 13.0. The molecule has 0 aromatic carbocycles. The first-order chi connectivity index (χ1) is 18.1. The lowest BCUT2D eigenvalue weighted by atomic mass is 9.89. The first-order valence-corrected chi connectivity index (χ1v) is 14.4. The van der Waals surface area contributed by atoms with Crippen LogP contribution in [0.2, 0.25) is 4.34 Å². The number of hydrogen-bond acceptors (Lipinski definition) is 7. The Hall–Kier alpha value is -2.85. The lowest BCUT2D eigenvalue weighted by Gasteiger charge is -2.31. The first-order valence-electron chi connectivity index (χ1n) is 13.2. The third-order valence-corrected chi connectivity index (χ3v) is 8.27. The van der Waals surface area contributed by atoms with E-state index in [0.29, 0.717) is 28.8 Å². The zero-order chi connectivity index (χ0) is 28.7. The van der Waals surface area contributed by atoms with E-state index in [9.17, 15) is 9.59 Å². The second-order valence-corrected chi connectivity index (χ2v) is 13.9. The van der Waals surface area contributed by atoms with Gasteiger partial charge in [-0.2, -0.15) is 5.10 Å². The van der Waals surface area contributed by atoms with Gasteiger partial charge in [-0.3, -0.25) is 14.3 Å². The molecular weight excluding hydrogens is 536 g/mol. The average molecular weight is 573 g/mol. The Morgan fingerprint density at radius 2 is 1.72 bits per heavy atom. The summed E-state index contributed by atoms with van der Waals surface area (Å²) in [6.07, 6.45) is 1.43. The normalized spacial score (nSPS) is 15.1. The molecule has 0 unspecified atom stereocenters. The fourth-order valence-corrected chi connectivity index (χ4v) is 5.87. The van der Waals surface area contributed by atoms with Crippen molar-refractivity contribution in [3.8, 4) is 11.4 Å². The van der Waals surface area contributed by atoms with Gasteiger partial charge in [-0.15, -0.1) is 11.3 Å². The lowest BCUT2D eigenvalue weighted by Crippen LogP contribution is -2.40. The number of piperidine rings is 1. The Morgan fingerprint density at radius 3 is 2.31 bits per heavy atom. The van der Waals surface area contributed by atoms with E-state index >= 15 is 0 Å². The Balaban J connectivity index is 1.47. The number of amides is 1. The highest BCUT2D eigenvalue weighted by atomic mass is 35.5. The van der Waals surface area contributed by atoms with Gasteiger partial charge in [0, 0.05) is 35.5 Å². The summed E-state index contributed by atoms with van der Waals surface area (Å²) in [6.45, 7) is 15.9. The Labute approximate surface area is 238 Å². The number of thiazole rings is 1. The first kappa shape index (κ1) is 29.1. The maximum atomic E-state index is 13.0. The molecule has 210 valence electrons. The summed E-state index contributed by atoms with van der Waals surface area (Å²) in [5, 5.41) is 14.3. The number of nitrogens with zero attached hydrogens (tertiary/aromatic N) is 6. The number of halogens is 1. The van der Waals surface area contributed by atoms with Crippen molar-refractivity contribution in [3.05, 3.63) is 44.4 Å². The monoisotopic (exact) mass is 572 g/mol. The van der Waals surface area contributed by atoms with Gasteiger partial charge >= 0.3 is 5.97 Å². The van der Waals surface area contributed by atoms with Gasteiger partial charge in [0.15, 0.2) is 0 Å². The molecule has 1 aliphatic rings. The van der Waals surface area contributed by atoms with E-state index in [2.05, 4.69) is 46.6 Å². The molecule has 4 heterocycles. The van der Waals surface area contributed by atoms with E-state index in [-0.39, 0.29) is 35.6 Å². The van der Waals surface area contributed by atoms with Crippen LogP contribution < -0.4 is 0 Å². The highest BCUT2D eigenvalue weighted by Gasteiger charge is 2.29. The smallest absolute Gasteiger partial charge is 0.309 e. The van der Waals surface area contributed by atoms with Crippen LogP contribution in [0.4, 0.5) is 0 Å². The van der Waals surface area contributed by atoms with E-state index in [1.54, 1.807) is 10.7 Å². The molecule has 0 atom stereocenters. The minimum atomic E-state index is -0.942. The molecule has 1 aliphatic heterocycles. The minimum Gasteiger partial charge on any atom is -0.481 e. The number of rotatable bonds is 6. The van der Waals surface area contributed by atoms with Gasteiger partial charge in [0.05, 0.1) is 28.5 Å². The number of aliphatic carboxylic acids is 1. The van der Waals surface area contributed by atoms with Crippen LogP contribution in [0.3, 0.4) is 0 Å². The Kier molecular flexibility index (Phi) is 8.19. The molecule has 3 aromatic heterocycles. The molecule has 0 aliphatic carbocycles. The standard InChI is InChI=1S/C28H37ClN6O3S/c1-16-12-18(13-22(37)38)33-35(16)15-21(36)34-10-8-17(9-11-34)25-32-23(24(29)39-25)19-14-20(27(2,3)4)31-26(30-19)28(5,6)7/h12,14,17H,8-11,13,15H2,1-7H3,(H,37,38). The van der Waals surface area contributed by atoms with Crippen LogP contribution in [-0.2, 0) is 33.4 Å². The summed E-state index contributed by atoms with van der Waals surface area (Å²) in [6, 6.07) is 3.71. The van der Waals surface area contributed by atoms with Crippen LogP contribution in [0.5, 0.6) is 0 Å². The Bertz CT molecular complexity index is 1340. The molecule has 0 radical (unpaired) electrons. The van der Waals surface area contributed by atoms with Crippen molar-refractivity contribution in [2.75, 3.05) is 13.1 Å². The average Bonchev–Trinajstić information content (AvgIpc) is 3.39. The van der Waals surface area contributed by atoms with Gasteiger partial charge in [-0.25, -0.2) is 15.0 Å². The number of carboxylic acids is 1. The summed E-state index contributed by atoms with van der Waals surface area (Å²) >= 11 is 8.23. The predicted octanol–water partition coefficient (Wildman–Crippen LogP) is 5.39. The summed E-state index contributed by atoms with van der Waals surface area (Å²) in [5.41, 5.74) is 3.26. The molecule has 0 spiro atoms. The van der Waals surface area contributed by atoms with Crippen LogP contribution in [0.1, 0.15) is 88.2 Å². The number of aryl methyl sites for hydroxylation is 1. The number of hydrogen-bond donors (Lipinski definition) is 1. The van der Waals surface area contributed by atoms with Gasteiger partial charge in [0.2, 0.25) is 5.91 Å². The van der Waals surface area contributed by atoms with Crippen LogP contribution in [-0.4, -0.2) is 59.7 Å². The molecular formula is C28H37ClN6O3S. The van der Waals surface area contributed by atoms with Crippen molar-refractivity contribution in [2.45, 2.75) is 91.0 Å². The summed E-state index contributed by atoms with van der Waals surface area (Å²) in [4.78, 5) is 40.5. The fourth-order valence-electron chi connectivity index (χ4n) is 4.52. The molecule has 4 rings (SSSR count). The number of carbonyl (C=O) groups excluding carboxylic acids is 1. The molecule has 11 heteroatoms. The number of likely N-dealkylation sites (tertiary alicyclic amines) is 1. The molecule has 39 heavy (non-hydrogen) atoms.